The molecule has 2 aliphatic rings. The van der Waals surface area contributed by atoms with Crippen LogP contribution in [0.5, 0.6) is 0 Å². The Morgan fingerprint density at radius 3 is 2.88 bits per heavy atom. The zero-order valence-electron chi connectivity index (χ0n) is 9.16. The van der Waals surface area contributed by atoms with Crippen LogP contribution < -0.4 is 5.48 Å². The Morgan fingerprint density at radius 1 is 1.35 bits per heavy atom. The van der Waals surface area contributed by atoms with Crippen LogP contribution in [0.15, 0.2) is 24.4 Å². The molecule has 2 aliphatic heterocycles. The van der Waals surface area contributed by atoms with Crippen LogP contribution in [0.1, 0.15) is 11.7 Å². The maximum Gasteiger partial charge on any atom is 0.261 e. The molecular formula is C11H11N3O3. The van der Waals surface area contributed by atoms with Gasteiger partial charge < -0.3 is 0 Å². The summed E-state index contributed by atoms with van der Waals surface area (Å²) >= 11 is 0. The molecule has 1 N–H and O–H groups in total. The summed E-state index contributed by atoms with van der Waals surface area (Å²) in [4.78, 5) is 34.1. The van der Waals surface area contributed by atoms with E-state index in [-0.39, 0.29) is 17.9 Å². The van der Waals surface area contributed by atoms with Crippen LogP contribution in [0.4, 0.5) is 0 Å². The van der Waals surface area contributed by atoms with Gasteiger partial charge in [-0.2, -0.15) is 5.48 Å². The van der Waals surface area contributed by atoms with Crippen LogP contribution in [0.2, 0.25) is 0 Å². The van der Waals surface area contributed by atoms with Crippen molar-refractivity contribution in [3.8, 4) is 0 Å². The molecule has 0 aromatic carbocycles. The lowest BCUT2D eigenvalue weighted by molar-refractivity contribution is -0.143. The van der Waals surface area contributed by atoms with Gasteiger partial charge in [0.05, 0.1) is 17.7 Å². The summed E-state index contributed by atoms with van der Waals surface area (Å²) in [7, 11) is 1.47. The molecule has 1 aromatic rings. The van der Waals surface area contributed by atoms with E-state index in [2.05, 4.69) is 10.5 Å². The fraction of sp³-hybridized carbons (Fsp3) is 0.364. The second kappa shape index (κ2) is 3.61. The number of imide groups is 1. The lowest BCUT2D eigenvalue weighted by Crippen LogP contribution is -2.32. The molecule has 2 saturated heterocycles. The van der Waals surface area contributed by atoms with Crippen molar-refractivity contribution in [1.29, 1.82) is 0 Å². The first-order chi connectivity index (χ1) is 8.20. The van der Waals surface area contributed by atoms with E-state index in [4.69, 9.17) is 4.84 Å². The van der Waals surface area contributed by atoms with Crippen LogP contribution in [-0.4, -0.2) is 34.8 Å². The number of carbonyl (C=O) groups excluding carboxylic acids is 2. The number of hydrogen-bond acceptors (Lipinski definition) is 5. The summed E-state index contributed by atoms with van der Waals surface area (Å²) in [6.07, 6.45) is 0.925. The molecule has 0 saturated carbocycles. The molecule has 0 radical (unpaired) electrons. The molecule has 6 nitrogen and oxygen atoms in total. The highest BCUT2D eigenvalue weighted by Crippen LogP contribution is 2.36. The van der Waals surface area contributed by atoms with Gasteiger partial charge in [-0.3, -0.25) is 24.3 Å². The molecule has 3 atom stereocenters. The zero-order valence-corrected chi connectivity index (χ0v) is 9.16. The van der Waals surface area contributed by atoms with E-state index in [1.807, 2.05) is 6.07 Å². The molecule has 0 aliphatic carbocycles. The predicted molar refractivity (Wildman–Crippen MR) is 56.3 cm³/mol. The van der Waals surface area contributed by atoms with E-state index in [1.54, 1.807) is 18.3 Å². The van der Waals surface area contributed by atoms with Crippen LogP contribution in [0.25, 0.3) is 0 Å². The van der Waals surface area contributed by atoms with Crippen molar-refractivity contribution in [3.05, 3.63) is 30.1 Å². The molecule has 3 heterocycles. The third-order valence-electron chi connectivity index (χ3n) is 3.20. The molecular weight excluding hydrogens is 222 g/mol. The highest BCUT2D eigenvalue weighted by Gasteiger charge is 2.55. The van der Waals surface area contributed by atoms with Crippen molar-refractivity contribution in [1.82, 2.24) is 15.4 Å². The lowest BCUT2D eigenvalue weighted by atomic mass is 9.95. The minimum absolute atomic E-state index is 0.222. The largest absolute Gasteiger partial charge is 0.287 e. The number of likely N-dealkylation sites (N-methyl/N-ethyl adjacent to an activating group) is 1. The van der Waals surface area contributed by atoms with Crippen molar-refractivity contribution in [2.24, 2.45) is 5.92 Å². The number of likely N-dealkylation sites (tertiary alicyclic amines) is 1. The Morgan fingerprint density at radius 2 is 2.18 bits per heavy atom. The fourth-order valence-corrected chi connectivity index (χ4v) is 2.27. The second-order valence-electron chi connectivity index (χ2n) is 4.15. The third-order valence-corrected chi connectivity index (χ3v) is 3.20. The van der Waals surface area contributed by atoms with Gasteiger partial charge in [-0.25, -0.2) is 0 Å². The van der Waals surface area contributed by atoms with Gasteiger partial charge in [-0.1, -0.05) is 6.07 Å². The Kier molecular flexibility index (Phi) is 2.20. The number of amides is 2. The number of pyridine rings is 1. The van der Waals surface area contributed by atoms with Crippen LogP contribution >= 0.6 is 0 Å². The standard InChI is InChI=1S/C11H11N3O3/c1-14-10(15)7-8(6-4-2-3-5-12-6)13-17-9(7)11(14)16/h2-5,7-9,13H,1H3/t7-,8+,9+/m1/s1. The van der Waals surface area contributed by atoms with E-state index in [9.17, 15) is 9.59 Å². The predicted octanol–water partition coefficient (Wildman–Crippen LogP) is -0.359. The van der Waals surface area contributed by atoms with Gasteiger partial charge >= 0.3 is 0 Å². The Bertz CT molecular complexity index is 476. The molecule has 3 rings (SSSR count). The quantitative estimate of drug-likeness (QED) is 0.671. The van der Waals surface area contributed by atoms with E-state index in [1.165, 1.54) is 7.05 Å². The summed E-state index contributed by atoms with van der Waals surface area (Å²) in [6.45, 7) is 0. The summed E-state index contributed by atoms with van der Waals surface area (Å²) in [5.74, 6) is -1.03. The van der Waals surface area contributed by atoms with Gasteiger partial charge in [0.15, 0.2) is 6.10 Å². The summed E-state index contributed by atoms with van der Waals surface area (Å²) in [6, 6.07) is 5.08. The van der Waals surface area contributed by atoms with Crippen molar-refractivity contribution in [2.45, 2.75) is 12.1 Å². The van der Waals surface area contributed by atoms with Crippen LogP contribution in [0.3, 0.4) is 0 Å². The highest BCUT2D eigenvalue weighted by molar-refractivity contribution is 6.06. The average molecular weight is 233 g/mol. The van der Waals surface area contributed by atoms with Crippen LogP contribution in [-0.2, 0) is 14.4 Å². The molecule has 2 fully saturated rings. The molecule has 17 heavy (non-hydrogen) atoms. The summed E-state index contributed by atoms with van der Waals surface area (Å²) in [5.41, 5.74) is 3.43. The van der Waals surface area contributed by atoms with E-state index >= 15 is 0 Å². The maximum absolute atomic E-state index is 11.9. The number of carbonyl (C=O) groups is 2. The number of nitrogens with one attached hydrogen (secondary N) is 1. The van der Waals surface area contributed by atoms with Crippen molar-refractivity contribution in [3.63, 3.8) is 0 Å². The SMILES string of the molecule is CN1C(=O)[C@H]2[C@H](ON[C@H]2c2ccccn2)C1=O. The fourth-order valence-electron chi connectivity index (χ4n) is 2.27. The first-order valence-electron chi connectivity index (χ1n) is 5.33. The zero-order chi connectivity index (χ0) is 12.0. The van der Waals surface area contributed by atoms with Crippen molar-refractivity contribution in [2.75, 3.05) is 7.05 Å². The Hall–Kier alpha value is -1.79. The van der Waals surface area contributed by atoms with Gasteiger partial charge in [-0.15, -0.1) is 0 Å². The van der Waals surface area contributed by atoms with Gasteiger partial charge in [0.25, 0.3) is 5.91 Å². The normalized spacial score (nSPS) is 32.1. The average Bonchev–Trinajstić information content (AvgIpc) is 2.88. The minimum atomic E-state index is -0.723. The van der Waals surface area contributed by atoms with Crippen molar-refractivity contribution < 1.29 is 14.4 Å². The summed E-state index contributed by atoms with van der Waals surface area (Å²) in [5, 5.41) is 0. The van der Waals surface area contributed by atoms with Gasteiger partial charge in [0.2, 0.25) is 5.91 Å². The first kappa shape index (κ1) is 10.4. The van der Waals surface area contributed by atoms with Gasteiger partial charge in [0, 0.05) is 13.2 Å². The maximum atomic E-state index is 11.9. The Balaban J connectivity index is 1.96. The summed E-state index contributed by atoms with van der Waals surface area (Å²) < 4.78 is 0. The molecule has 2 amide bonds. The number of aromatic nitrogens is 1. The molecule has 0 bridgehead atoms. The molecule has 88 valence electrons. The molecule has 0 spiro atoms. The number of hydroxylamine groups is 1. The Labute approximate surface area is 97.5 Å². The third kappa shape index (κ3) is 1.38. The molecule has 6 heteroatoms. The van der Waals surface area contributed by atoms with E-state index in [0.29, 0.717) is 5.69 Å². The van der Waals surface area contributed by atoms with Gasteiger partial charge in [-0.05, 0) is 12.1 Å². The lowest BCUT2D eigenvalue weighted by Gasteiger charge is -2.14. The van der Waals surface area contributed by atoms with Crippen LogP contribution in [0, 0.1) is 5.92 Å². The topological polar surface area (TPSA) is 71.5 Å². The van der Waals surface area contributed by atoms with Gasteiger partial charge in [0.1, 0.15) is 0 Å². The number of hydrogen-bond donors (Lipinski definition) is 1. The van der Waals surface area contributed by atoms with E-state index < -0.39 is 12.0 Å². The number of rotatable bonds is 1. The first-order valence-corrected chi connectivity index (χ1v) is 5.33. The number of fused-ring (bicyclic) bond motifs is 1. The van der Waals surface area contributed by atoms with E-state index in [0.717, 1.165) is 4.90 Å². The smallest absolute Gasteiger partial charge is 0.261 e. The molecule has 0 unspecified atom stereocenters. The number of nitrogens with zero attached hydrogens (tertiary/aromatic N) is 2. The van der Waals surface area contributed by atoms with Crippen molar-refractivity contribution >= 4 is 11.8 Å². The minimum Gasteiger partial charge on any atom is -0.287 e. The molecule has 1 aromatic heterocycles. The monoisotopic (exact) mass is 233 g/mol. The second-order valence-corrected chi connectivity index (χ2v) is 4.15. The highest BCUT2D eigenvalue weighted by atomic mass is 16.7.